The van der Waals surface area contributed by atoms with E-state index in [0.29, 0.717) is 27.6 Å². The van der Waals surface area contributed by atoms with Gasteiger partial charge in [-0.1, -0.05) is 28.1 Å². The SMILES string of the molecule is O=Cc1cc(OCc2ccc(C(F)(F)F)cc2)ccc1Br. The molecular weight excluding hydrogens is 349 g/mol. The van der Waals surface area contributed by atoms with E-state index in [-0.39, 0.29) is 6.61 Å². The van der Waals surface area contributed by atoms with Gasteiger partial charge in [-0.05, 0) is 35.9 Å². The molecule has 0 saturated heterocycles. The Morgan fingerprint density at radius 3 is 2.33 bits per heavy atom. The summed E-state index contributed by atoms with van der Waals surface area (Å²) < 4.78 is 43.4. The van der Waals surface area contributed by atoms with E-state index in [1.165, 1.54) is 12.1 Å². The average molecular weight is 359 g/mol. The molecule has 2 nitrogen and oxygen atoms in total. The van der Waals surface area contributed by atoms with Crippen molar-refractivity contribution in [2.45, 2.75) is 12.8 Å². The van der Waals surface area contributed by atoms with E-state index >= 15 is 0 Å². The summed E-state index contributed by atoms with van der Waals surface area (Å²) in [7, 11) is 0. The summed E-state index contributed by atoms with van der Waals surface area (Å²) in [6.07, 6.45) is -3.65. The largest absolute Gasteiger partial charge is 0.489 e. The predicted molar refractivity (Wildman–Crippen MR) is 75.3 cm³/mol. The Bertz CT molecular complexity index is 636. The van der Waals surface area contributed by atoms with Crippen LogP contribution >= 0.6 is 15.9 Å². The van der Waals surface area contributed by atoms with Crippen molar-refractivity contribution < 1.29 is 22.7 Å². The van der Waals surface area contributed by atoms with Crippen LogP contribution in [0.5, 0.6) is 5.75 Å². The molecule has 0 atom stereocenters. The second kappa shape index (κ2) is 6.30. The molecule has 0 saturated carbocycles. The fourth-order valence-electron chi connectivity index (χ4n) is 1.66. The van der Waals surface area contributed by atoms with Gasteiger partial charge in [-0.2, -0.15) is 13.2 Å². The molecule has 21 heavy (non-hydrogen) atoms. The molecular formula is C15H10BrF3O2. The second-order valence-electron chi connectivity index (χ2n) is 4.28. The van der Waals surface area contributed by atoms with Gasteiger partial charge in [0.1, 0.15) is 12.4 Å². The second-order valence-corrected chi connectivity index (χ2v) is 5.14. The Morgan fingerprint density at radius 1 is 1.10 bits per heavy atom. The molecule has 0 aromatic heterocycles. The van der Waals surface area contributed by atoms with Crippen molar-refractivity contribution in [2.24, 2.45) is 0 Å². The first-order valence-electron chi connectivity index (χ1n) is 5.94. The normalized spacial score (nSPS) is 11.2. The van der Waals surface area contributed by atoms with Crippen LogP contribution in [0.1, 0.15) is 21.5 Å². The number of alkyl halides is 3. The standard InChI is InChI=1S/C15H10BrF3O2/c16-14-6-5-13(7-11(14)8-20)21-9-10-1-3-12(4-2-10)15(17,18)19/h1-8H,9H2. The Hall–Kier alpha value is -1.82. The van der Waals surface area contributed by atoms with Crippen LogP contribution in [0, 0.1) is 0 Å². The lowest BCUT2D eigenvalue weighted by atomic mass is 10.1. The first-order chi connectivity index (χ1) is 9.90. The summed E-state index contributed by atoms with van der Waals surface area (Å²) in [5, 5.41) is 0. The number of carbonyl (C=O) groups excluding carboxylic acids is 1. The summed E-state index contributed by atoms with van der Waals surface area (Å²) in [5.74, 6) is 0.472. The smallest absolute Gasteiger partial charge is 0.416 e. The molecule has 0 aliphatic heterocycles. The molecule has 0 aliphatic carbocycles. The number of ether oxygens (including phenoxy) is 1. The Morgan fingerprint density at radius 2 is 1.76 bits per heavy atom. The van der Waals surface area contributed by atoms with Crippen molar-refractivity contribution in [1.82, 2.24) is 0 Å². The van der Waals surface area contributed by atoms with Gasteiger partial charge in [0.2, 0.25) is 0 Å². The predicted octanol–water partition coefficient (Wildman–Crippen LogP) is 4.86. The van der Waals surface area contributed by atoms with Crippen LogP contribution in [0.2, 0.25) is 0 Å². The number of aldehydes is 1. The van der Waals surface area contributed by atoms with Crippen LogP contribution in [-0.4, -0.2) is 6.29 Å². The minimum absolute atomic E-state index is 0.123. The van der Waals surface area contributed by atoms with Crippen molar-refractivity contribution >= 4 is 22.2 Å². The monoisotopic (exact) mass is 358 g/mol. The van der Waals surface area contributed by atoms with E-state index in [0.717, 1.165) is 12.1 Å². The molecule has 6 heteroatoms. The summed E-state index contributed by atoms with van der Waals surface area (Å²) in [6.45, 7) is 0.123. The van der Waals surface area contributed by atoms with Gasteiger partial charge in [-0.15, -0.1) is 0 Å². The maximum atomic E-state index is 12.4. The van der Waals surface area contributed by atoms with Crippen molar-refractivity contribution in [3.8, 4) is 5.75 Å². The first kappa shape index (κ1) is 15.6. The van der Waals surface area contributed by atoms with Crippen molar-refractivity contribution in [1.29, 1.82) is 0 Å². The third-order valence-electron chi connectivity index (χ3n) is 2.78. The van der Waals surface area contributed by atoms with Gasteiger partial charge < -0.3 is 4.74 Å². The van der Waals surface area contributed by atoms with Crippen molar-refractivity contribution in [2.75, 3.05) is 0 Å². The van der Waals surface area contributed by atoms with E-state index in [2.05, 4.69) is 15.9 Å². The van der Waals surface area contributed by atoms with E-state index in [9.17, 15) is 18.0 Å². The van der Waals surface area contributed by atoms with Crippen LogP contribution in [0.25, 0.3) is 0 Å². The number of halogens is 4. The van der Waals surface area contributed by atoms with Crippen molar-refractivity contribution in [3.63, 3.8) is 0 Å². The number of benzene rings is 2. The van der Waals surface area contributed by atoms with E-state index in [4.69, 9.17) is 4.74 Å². The van der Waals surface area contributed by atoms with E-state index in [1.807, 2.05) is 0 Å². The van der Waals surface area contributed by atoms with E-state index in [1.54, 1.807) is 18.2 Å². The molecule has 0 heterocycles. The summed E-state index contributed by atoms with van der Waals surface area (Å²) in [6, 6.07) is 9.65. The maximum Gasteiger partial charge on any atom is 0.416 e. The zero-order valence-corrected chi connectivity index (χ0v) is 12.2. The molecule has 0 fully saturated rings. The summed E-state index contributed by atoms with van der Waals surface area (Å²) in [4.78, 5) is 10.8. The highest BCUT2D eigenvalue weighted by Gasteiger charge is 2.29. The molecule has 0 amide bonds. The lowest BCUT2D eigenvalue weighted by Crippen LogP contribution is -2.05. The molecule has 2 aromatic carbocycles. The zero-order chi connectivity index (χ0) is 15.5. The van der Waals surface area contributed by atoms with Crippen LogP contribution in [0.3, 0.4) is 0 Å². The summed E-state index contributed by atoms with van der Waals surface area (Å²) in [5.41, 5.74) is 0.358. The average Bonchev–Trinajstić information content (AvgIpc) is 2.46. The minimum Gasteiger partial charge on any atom is -0.489 e. The summed E-state index contributed by atoms with van der Waals surface area (Å²) >= 11 is 3.22. The molecule has 0 spiro atoms. The van der Waals surface area contributed by atoms with Gasteiger partial charge in [0.15, 0.2) is 6.29 Å². The van der Waals surface area contributed by atoms with Gasteiger partial charge in [0.05, 0.1) is 5.56 Å². The molecule has 2 rings (SSSR count). The first-order valence-corrected chi connectivity index (χ1v) is 6.73. The number of rotatable bonds is 4. The number of carbonyl (C=O) groups is 1. The van der Waals surface area contributed by atoms with Gasteiger partial charge >= 0.3 is 6.18 Å². The Kier molecular flexibility index (Phi) is 4.67. The van der Waals surface area contributed by atoms with Gasteiger partial charge in [0, 0.05) is 10.0 Å². The lowest BCUT2D eigenvalue weighted by Gasteiger charge is -2.09. The van der Waals surface area contributed by atoms with Crippen LogP contribution < -0.4 is 4.74 Å². The van der Waals surface area contributed by atoms with Gasteiger partial charge in [-0.25, -0.2) is 0 Å². The van der Waals surface area contributed by atoms with Crippen LogP contribution in [0.4, 0.5) is 13.2 Å². The number of hydrogen-bond donors (Lipinski definition) is 0. The Labute approximate surface area is 127 Å². The van der Waals surface area contributed by atoms with Crippen molar-refractivity contribution in [3.05, 3.63) is 63.6 Å². The number of hydrogen-bond acceptors (Lipinski definition) is 2. The zero-order valence-electron chi connectivity index (χ0n) is 10.7. The molecule has 0 radical (unpaired) electrons. The fraction of sp³-hybridized carbons (Fsp3) is 0.133. The van der Waals surface area contributed by atoms with Gasteiger partial charge in [0.25, 0.3) is 0 Å². The van der Waals surface area contributed by atoms with Gasteiger partial charge in [-0.3, -0.25) is 4.79 Å². The molecule has 0 unspecified atom stereocenters. The fourth-order valence-corrected chi connectivity index (χ4v) is 2.00. The highest BCUT2D eigenvalue weighted by Crippen LogP contribution is 2.29. The molecule has 110 valence electrons. The van der Waals surface area contributed by atoms with Crippen LogP contribution in [0.15, 0.2) is 46.9 Å². The molecule has 0 aliphatic rings. The quantitative estimate of drug-likeness (QED) is 0.729. The third kappa shape index (κ3) is 4.07. The van der Waals surface area contributed by atoms with E-state index < -0.39 is 11.7 Å². The highest BCUT2D eigenvalue weighted by atomic mass is 79.9. The molecule has 0 bridgehead atoms. The van der Waals surface area contributed by atoms with Crippen LogP contribution in [-0.2, 0) is 12.8 Å². The molecule has 2 aromatic rings. The lowest BCUT2D eigenvalue weighted by molar-refractivity contribution is -0.137. The molecule has 0 N–H and O–H groups in total. The Balaban J connectivity index is 2.05. The maximum absolute atomic E-state index is 12.4. The topological polar surface area (TPSA) is 26.3 Å². The third-order valence-corrected chi connectivity index (χ3v) is 3.50. The highest BCUT2D eigenvalue weighted by molar-refractivity contribution is 9.10. The minimum atomic E-state index is -4.34.